The van der Waals surface area contributed by atoms with E-state index in [1.165, 1.54) is 56.9 Å². The van der Waals surface area contributed by atoms with E-state index in [9.17, 15) is 0 Å². The number of benzene rings is 5. The Labute approximate surface area is 312 Å². The third-order valence-electron chi connectivity index (χ3n) is 9.38. The van der Waals surface area contributed by atoms with Crippen molar-refractivity contribution in [2.24, 2.45) is 0 Å². The number of aromatic nitrogens is 1. The molecule has 0 saturated carbocycles. The Balaban J connectivity index is 0.000000238. The van der Waals surface area contributed by atoms with Crippen LogP contribution in [0.2, 0.25) is 0 Å². The quantitative estimate of drug-likeness (QED) is 0.163. The maximum Gasteiger partial charge on any atom is 0.130 e. The highest BCUT2D eigenvalue weighted by Gasteiger charge is 2.30. The molecule has 2 aliphatic rings. The molecule has 0 radical (unpaired) electrons. The van der Waals surface area contributed by atoms with Crippen LogP contribution in [0.1, 0.15) is 68.5 Å². The minimum Gasteiger partial charge on any atom is -0.388 e. The van der Waals surface area contributed by atoms with Crippen molar-refractivity contribution in [3.8, 4) is 11.3 Å². The van der Waals surface area contributed by atoms with E-state index in [0.717, 1.165) is 24.2 Å². The lowest BCUT2D eigenvalue weighted by Crippen LogP contribution is -2.23. The van der Waals surface area contributed by atoms with Gasteiger partial charge in [-0.15, -0.1) is 0 Å². The molecule has 0 amide bonds. The smallest absolute Gasteiger partial charge is 0.130 e. The number of allylic oxidation sites excluding steroid dienone is 4. The van der Waals surface area contributed by atoms with Crippen molar-refractivity contribution in [3.63, 3.8) is 0 Å². The van der Waals surface area contributed by atoms with Crippen LogP contribution in [-0.2, 0) is 0 Å². The van der Waals surface area contributed by atoms with Gasteiger partial charge in [0.25, 0.3) is 0 Å². The lowest BCUT2D eigenvalue weighted by atomic mass is 9.93. The second kappa shape index (κ2) is 19.0. The fourth-order valence-electron chi connectivity index (χ4n) is 6.46. The molecule has 52 heavy (non-hydrogen) atoms. The molecule has 0 fully saturated rings. The van der Waals surface area contributed by atoms with Gasteiger partial charge in [0, 0.05) is 30.3 Å². The van der Waals surface area contributed by atoms with E-state index in [0.29, 0.717) is 0 Å². The molecular formula is C48H54N4. The van der Waals surface area contributed by atoms with Crippen LogP contribution in [0, 0.1) is 13.8 Å². The molecule has 3 N–H and O–H groups in total. The zero-order valence-electron chi connectivity index (χ0n) is 31.7. The lowest BCUT2D eigenvalue weighted by Gasteiger charge is -2.27. The van der Waals surface area contributed by atoms with Gasteiger partial charge in [-0.2, -0.15) is 0 Å². The highest BCUT2D eigenvalue weighted by Crippen LogP contribution is 2.45. The first-order valence-electron chi connectivity index (χ1n) is 18.7. The first-order valence-corrected chi connectivity index (χ1v) is 18.7. The van der Waals surface area contributed by atoms with Gasteiger partial charge in [-0.3, -0.25) is 0 Å². The van der Waals surface area contributed by atoms with E-state index in [1.54, 1.807) is 5.57 Å². The van der Waals surface area contributed by atoms with Crippen LogP contribution >= 0.6 is 0 Å². The van der Waals surface area contributed by atoms with Gasteiger partial charge in [-0.25, -0.2) is 0 Å². The van der Waals surface area contributed by atoms with Gasteiger partial charge in [-0.05, 0) is 97.3 Å². The number of anilines is 4. The molecule has 8 rings (SSSR count). The summed E-state index contributed by atoms with van der Waals surface area (Å²) in [5.74, 6) is 0. The number of H-pyrrole nitrogens is 1. The molecule has 0 saturated heterocycles. The average molecular weight is 687 g/mol. The van der Waals surface area contributed by atoms with Gasteiger partial charge in [-0.1, -0.05) is 147 Å². The maximum atomic E-state index is 3.72. The molecule has 5 aromatic carbocycles. The molecule has 1 aliphatic carbocycles. The zero-order valence-corrected chi connectivity index (χ0v) is 31.7. The van der Waals surface area contributed by atoms with Crippen LogP contribution in [0.15, 0.2) is 163 Å². The van der Waals surface area contributed by atoms with Crippen LogP contribution < -0.4 is 15.5 Å². The molecule has 0 bridgehead atoms. The molecule has 4 nitrogen and oxygen atoms in total. The molecule has 1 aromatic heterocycles. The number of aryl methyl sites for hydroxylation is 2. The normalized spacial score (nSPS) is 14.0. The van der Waals surface area contributed by atoms with Crippen LogP contribution in [0.3, 0.4) is 0 Å². The fourth-order valence-corrected chi connectivity index (χ4v) is 6.46. The Kier molecular flexibility index (Phi) is 13.7. The van der Waals surface area contributed by atoms with Crippen molar-refractivity contribution in [2.45, 2.75) is 60.0 Å². The number of aromatic amines is 1. The van der Waals surface area contributed by atoms with Crippen molar-refractivity contribution in [2.75, 3.05) is 22.6 Å². The van der Waals surface area contributed by atoms with E-state index in [2.05, 4.69) is 169 Å². The molecule has 6 aromatic rings. The van der Waals surface area contributed by atoms with Crippen molar-refractivity contribution in [3.05, 3.63) is 186 Å². The predicted octanol–water partition coefficient (Wildman–Crippen LogP) is 13.5. The van der Waals surface area contributed by atoms with E-state index in [4.69, 9.17) is 0 Å². The number of fused-ring (bicyclic) bond motifs is 1. The second-order valence-electron chi connectivity index (χ2n) is 12.8. The summed E-state index contributed by atoms with van der Waals surface area (Å²) in [5.41, 5.74) is 15.2. The summed E-state index contributed by atoms with van der Waals surface area (Å²) in [4.78, 5) is 5.87. The van der Waals surface area contributed by atoms with Gasteiger partial charge < -0.3 is 20.5 Å². The summed E-state index contributed by atoms with van der Waals surface area (Å²) in [6.07, 6.45) is 10.2. The Morgan fingerprint density at radius 1 is 0.692 bits per heavy atom. The highest BCUT2D eigenvalue weighted by atomic mass is 15.3. The van der Waals surface area contributed by atoms with Gasteiger partial charge in [0.05, 0.1) is 11.4 Å². The molecular weight excluding hydrogens is 633 g/mol. The lowest BCUT2D eigenvalue weighted by molar-refractivity contribution is 0.828. The maximum absolute atomic E-state index is 3.72. The molecule has 1 atom stereocenters. The highest BCUT2D eigenvalue weighted by molar-refractivity contribution is 5.83. The van der Waals surface area contributed by atoms with Crippen LogP contribution in [0.25, 0.3) is 16.8 Å². The van der Waals surface area contributed by atoms with E-state index in [1.807, 2.05) is 51.2 Å². The summed E-state index contributed by atoms with van der Waals surface area (Å²) >= 11 is 0. The second-order valence-corrected chi connectivity index (χ2v) is 12.8. The molecule has 266 valence electrons. The molecule has 2 heterocycles. The SMILES string of the molecule is CC.CCC1=CC=C(c2c[nH]c(-c3ccc(C4Nc5ccccc5N4c4ccccc4)cc3)c2)CC1.CNc1ccccc1C.Cc1ccccc1. The third kappa shape index (κ3) is 9.52. The van der Waals surface area contributed by atoms with E-state index in [-0.39, 0.29) is 6.17 Å². The molecule has 1 aliphatic heterocycles. The average Bonchev–Trinajstić information content (AvgIpc) is 3.86. The minimum atomic E-state index is 0.0556. The molecule has 0 spiro atoms. The molecule has 1 unspecified atom stereocenters. The Bertz CT molecular complexity index is 2020. The number of hydrogen-bond donors (Lipinski definition) is 3. The van der Waals surface area contributed by atoms with Crippen LogP contribution in [-0.4, -0.2) is 12.0 Å². The first kappa shape index (κ1) is 37.5. The minimum absolute atomic E-state index is 0.0556. The van der Waals surface area contributed by atoms with Crippen molar-refractivity contribution < 1.29 is 0 Å². The van der Waals surface area contributed by atoms with E-state index >= 15 is 0 Å². The fraction of sp³-hybridized carbons (Fsp3) is 0.208. The summed E-state index contributed by atoms with van der Waals surface area (Å²) < 4.78 is 0. The Hall–Kier alpha value is -5.74. The topological polar surface area (TPSA) is 43.1 Å². The van der Waals surface area contributed by atoms with Crippen molar-refractivity contribution in [1.82, 2.24) is 4.98 Å². The molecule has 4 heteroatoms. The summed E-state index contributed by atoms with van der Waals surface area (Å²) in [7, 11) is 1.93. The number of nitrogens with one attached hydrogen (secondary N) is 3. The summed E-state index contributed by atoms with van der Waals surface area (Å²) in [6, 6.07) is 48.8. The first-order chi connectivity index (χ1) is 25.5. The Morgan fingerprint density at radius 3 is 1.94 bits per heavy atom. The predicted molar refractivity (Wildman–Crippen MR) is 226 cm³/mol. The van der Waals surface area contributed by atoms with Gasteiger partial charge in [0.2, 0.25) is 0 Å². The largest absolute Gasteiger partial charge is 0.388 e. The van der Waals surface area contributed by atoms with E-state index < -0.39 is 0 Å². The zero-order chi connectivity index (χ0) is 36.7. The van der Waals surface area contributed by atoms with Gasteiger partial charge in [0.1, 0.15) is 6.17 Å². The summed E-state index contributed by atoms with van der Waals surface area (Å²) in [6.45, 7) is 10.4. The Morgan fingerprint density at radius 2 is 1.35 bits per heavy atom. The van der Waals surface area contributed by atoms with Crippen molar-refractivity contribution >= 4 is 28.3 Å². The van der Waals surface area contributed by atoms with Crippen molar-refractivity contribution in [1.29, 1.82) is 0 Å². The van der Waals surface area contributed by atoms with Crippen LogP contribution in [0.5, 0.6) is 0 Å². The van der Waals surface area contributed by atoms with Gasteiger partial charge >= 0.3 is 0 Å². The van der Waals surface area contributed by atoms with Gasteiger partial charge in [0.15, 0.2) is 0 Å². The number of hydrogen-bond acceptors (Lipinski definition) is 3. The number of rotatable bonds is 6. The monoisotopic (exact) mass is 686 g/mol. The third-order valence-corrected chi connectivity index (χ3v) is 9.38. The number of para-hydroxylation sites is 4. The number of nitrogens with zero attached hydrogens (tertiary/aromatic N) is 1. The summed E-state index contributed by atoms with van der Waals surface area (Å²) in [5, 5.41) is 6.81. The standard InChI is InChI=1S/C31H29N3.C8H11N.C7H8.C2H6/c1-2-22-12-14-23(15-13-22)26-20-29(32-21-26)24-16-18-25(19-17-24)31-33-28-10-6-7-11-30(28)34(31)27-8-4-3-5-9-27;1-7-5-3-4-6-8(7)9-2;1-7-5-3-2-4-6-7;1-2/h3-12,14,16-21,31-33H,2,13,15H2,1H3;3-6,9H,1-2H3;2-6H,1H3;1-2H3. The van der Waals surface area contributed by atoms with Crippen LogP contribution in [0.4, 0.5) is 22.7 Å².